The summed E-state index contributed by atoms with van der Waals surface area (Å²) in [4.78, 5) is 2.30. The molecule has 44 heavy (non-hydrogen) atoms. The minimum absolute atomic E-state index is 0.0431. The number of ether oxygens (including phenoxy) is 3. The molecule has 0 bridgehead atoms. The number of methoxy groups -OCH3 is 2. The van der Waals surface area contributed by atoms with Crippen LogP contribution in [0, 0.1) is 0 Å². The van der Waals surface area contributed by atoms with Crippen molar-refractivity contribution in [3.8, 4) is 17.2 Å². The predicted octanol–water partition coefficient (Wildman–Crippen LogP) is 7.23. The first kappa shape index (κ1) is 30.7. The first-order chi connectivity index (χ1) is 21.5. The van der Waals surface area contributed by atoms with Gasteiger partial charge in [0.2, 0.25) is 0 Å². The highest BCUT2D eigenvalue weighted by atomic mass is 16.5. The van der Waals surface area contributed by atoms with Crippen LogP contribution in [0.4, 0.5) is 5.69 Å². The van der Waals surface area contributed by atoms with Crippen molar-refractivity contribution in [3.63, 3.8) is 0 Å². The van der Waals surface area contributed by atoms with E-state index >= 15 is 0 Å². The Hall–Kier alpha value is -4.78. The number of hydrogen-bond acceptors (Lipinski definition) is 6. The molecule has 0 aliphatic carbocycles. The lowest BCUT2D eigenvalue weighted by molar-refractivity contribution is 0.107. The van der Waals surface area contributed by atoms with Crippen LogP contribution in [0.15, 0.2) is 127 Å². The summed E-state index contributed by atoms with van der Waals surface area (Å²) in [5.74, 6) is 2.27. The largest absolute Gasteiger partial charge is 0.497 e. The zero-order valence-electron chi connectivity index (χ0n) is 25.3. The van der Waals surface area contributed by atoms with Crippen molar-refractivity contribution in [2.75, 3.05) is 33.0 Å². The molecule has 0 amide bonds. The van der Waals surface area contributed by atoms with Crippen molar-refractivity contribution < 1.29 is 19.3 Å². The van der Waals surface area contributed by atoms with E-state index in [4.69, 9.17) is 19.9 Å². The minimum Gasteiger partial charge on any atom is -0.497 e. The van der Waals surface area contributed by atoms with Gasteiger partial charge in [-0.15, -0.1) is 0 Å². The Bertz CT molecular complexity index is 1530. The number of hydrogen-bond donors (Lipinski definition) is 2. The summed E-state index contributed by atoms with van der Waals surface area (Å²) in [6, 6.07) is 42.3. The minimum atomic E-state index is -0.753. The van der Waals surface area contributed by atoms with Crippen molar-refractivity contribution in [1.82, 2.24) is 4.90 Å². The van der Waals surface area contributed by atoms with Gasteiger partial charge in [-0.25, -0.2) is 0 Å². The van der Waals surface area contributed by atoms with Gasteiger partial charge in [0, 0.05) is 25.6 Å². The summed E-state index contributed by atoms with van der Waals surface area (Å²) in [7, 11) is 3.35. The molecule has 0 radical (unpaired) electrons. The van der Waals surface area contributed by atoms with Crippen molar-refractivity contribution in [2.24, 2.45) is 0 Å². The first-order valence-electron chi connectivity index (χ1n) is 14.8. The van der Waals surface area contributed by atoms with Gasteiger partial charge in [0.1, 0.15) is 23.9 Å². The molecule has 6 nitrogen and oxygen atoms in total. The number of aliphatic hydroxyl groups excluding tert-OH is 1. The zero-order chi connectivity index (χ0) is 30.7. The van der Waals surface area contributed by atoms with Gasteiger partial charge in [-0.1, -0.05) is 91.0 Å². The summed E-state index contributed by atoms with van der Waals surface area (Å²) in [6.45, 7) is 2.20. The Labute approximate surface area is 260 Å². The third-order valence-corrected chi connectivity index (χ3v) is 7.81. The summed E-state index contributed by atoms with van der Waals surface area (Å²) < 4.78 is 16.8. The molecule has 5 aromatic rings. The molecule has 226 valence electrons. The van der Waals surface area contributed by atoms with E-state index in [2.05, 4.69) is 41.3 Å². The van der Waals surface area contributed by atoms with Crippen molar-refractivity contribution in [3.05, 3.63) is 155 Å². The van der Waals surface area contributed by atoms with Gasteiger partial charge in [-0.3, -0.25) is 4.90 Å². The van der Waals surface area contributed by atoms with Gasteiger partial charge >= 0.3 is 0 Å². The molecule has 0 heterocycles. The molecule has 0 saturated carbocycles. The number of nitrogens with two attached hydrogens (primary N) is 1. The second kappa shape index (κ2) is 15.1. The second-order valence-corrected chi connectivity index (χ2v) is 10.9. The van der Waals surface area contributed by atoms with Gasteiger partial charge in [0.15, 0.2) is 0 Å². The van der Waals surface area contributed by atoms with Crippen molar-refractivity contribution >= 4 is 5.69 Å². The van der Waals surface area contributed by atoms with E-state index in [9.17, 15) is 5.11 Å². The van der Waals surface area contributed by atoms with Crippen LogP contribution in [-0.4, -0.2) is 37.3 Å². The third-order valence-electron chi connectivity index (χ3n) is 7.81. The molecule has 0 fully saturated rings. The van der Waals surface area contributed by atoms with E-state index in [1.165, 1.54) is 5.56 Å². The molecule has 0 spiro atoms. The summed E-state index contributed by atoms with van der Waals surface area (Å²) in [5, 5.41) is 11.5. The third kappa shape index (κ3) is 8.19. The first-order valence-corrected chi connectivity index (χ1v) is 14.8. The Balaban J connectivity index is 1.38. The monoisotopic (exact) mass is 588 g/mol. The highest BCUT2D eigenvalue weighted by Gasteiger charge is 2.22. The van der Waals surface area contributed by atoms with Crippen LogP contribution >= 0.6 is 0 Å². The molecular weight excluding hydrogens is 548 g/mol. The smallest absolute Gasteiger partial charge is 0.142 e. The van der Waals surface area contributed by atoms with Gasteiger partial charge in [-0.05, 0) is 64.2 Å². The van der Waals surface area contributed by atoms with Crippen LogP contribution in [-0.2, 0) is 13.2 Å². The normalized spacial score (nSPS) is 11.8. The Kier molecular flexibility index (Phi) is 10.5. The fourth-order valence-electron chi connectivity index (χ4n) is 5.37. The van der Waals surface area contributed by atoms with E-state index in [0.717, 1.165) is 33.8 Å². The number of aliphatic hydroxyl groups is 1. The van der Waals surface area contributed by atoms with Crippen LogP contribution < -0.4 is 19.9 Å². The molecular formula is C38H40N2O4. The molecule has 0 saturated heterocycles. The molecule has 0 unspecified atom stereocenters. The highest BCUT2D eigenvalue weighted by molar-refractivity contribution is 5.54. The number of anilines is 1. The van der Waals surface area contributed by atoms with Crippen LogP contribution in [0.3, 0.4) is 0 Å². The molecule has 3 N–H and O–H groups in total. The maximum atomic E-state index is 11.5. The van der Waals surface area contributed by atoms with Gasteiger partial charge in [0.25, 0.3) is 0 Å². The average Bonchev–Trinajstić information content (AvgIpc) is 3.07. The molecule has 5 rings (SSSR count). The van der Waals surface area contributed by atoms with Crippen LogP contribution in [0.25, 0.3) is 0 Å². The van der Waals surface area contributed by atoms with Crippen molar-refractivity contribution in [1.29, 1.82) is 0 Å². The summed E-state index contributed by atoms with van der Waals surface area (Å²) in [6.07, 6.45) is -0.753. The number of nitrogens with zero attached hydrogens (tertiary/aromatic N) is 1. The standard InChI is InChI=1S/C38H40N2O4/c1-42-33-18-13-30(14-19-33)35(31-15-20-34(43-2)21-16-31)25-40(24-28-9-5-3-6-10-28)26-37(41)32-17-22-38(36(39)23-32)44-27-29-11-7-4-8-12-29/h3-23,35,37,41H,24-27,39H2,1-2H3/t37-/m0/s1. The fraction of sp³-hybridized carbons (Fsp3) is 0.211. The van der Waals surface area contributed by atoms with Gasteiger partial charge < -0.3 is 25.1 Å². The molecule has 1 atom stereocenters. The summed E-state index contributed by atoms with van der Waals surface area (Å²) >= 11 is 0. The molecule has 6 heteroatoms. The maximum absolute atomic E-state index is 11.5. The van der Waals surface area contributed by atoms with E-state index in [-0.39, 0.29) is 5.92 Å². The zero-order valence-corrected chi connectivity index (χ0v) is 25.3. The number of rotatable bonds is 14. The number of benzene rings is 5. The Morgan fingerprint density at radius 1 is 0.636 bits per heavy atom. The molecule has 0 aliphatic heterocycles. The van der Waals surface area contributed by atoms with Crippen LogP contribution in [0.5, 0.6) is 17.2 Å². The lowest BCUT2D eigenvalue weighted by atomic mass is 9.90. The van der Waals surface area contributed by atoms with Crippen LogP contribution in [0.2, 0.25) is 0 Å². The average molecular weight is 589 g/mol. The lowest BCUT2D eigenvalue weighted by Crippen LogP contribution is -2.33. The van der Waals surface area contributed by atoms with Crippen LogP contribution in [0.1, 0.15) is 39.8 Å². The lowest BCUT2D eigenvalue weighted by Gasteiger charge is -2.30. The molecule has 0 aromatic heterocycles. The van der Waals surface area contributed by atoms with E-state index in [1.807, 2.05) is 91.0 Å². The Morgan fingerprint density at radius 3 is 1.68 bits per heavy atom. The van der Waals surface area contributed by atoms with E-state index < -0.39 is 6.10 Å². The fourth-order valence-corrected chi connectivity index (χ4v) is 5.37. The van der Waals surface area contributed by atoms with Gasteiger partial charge in [0.05, 0.1) is 26.0 Å². The molecule has 5 aromatic carbocycles. The quantitative estimate of drug-likeness (QED) is 0.133. The van der Waals surface area contributed by atoms with Gasteiger partial charge in [-0.2, -0.15) is 0 Å². The summed E-state index contributed by atoms with van der Waals surface area (Å²) in [5.41, 5.74) is 12.2. The second-order valence-electron chi connectivity index (χ2n) is 10.9. The maximum Gasteiger partial charge on any atom is 0.142 e. The Morgan fingerprint density at radius 2 is 1.16 bits per heavy atom. The predicted molar refractivity (Wildman–Crippen MR) is 176 cm³/mol. The van der Waals surface area contributed by atoms with E-state index in [0.29, 0.717) is 37.7 Å². The highest BCUT2D eigenvalue weighted by Crippen LogP contribution is 2.31. The van der Waals surface area contributed by atoms with Crippen molar-refractivity contribution in [2.45, 2.75) is 25.2 Å². The molecule has 0 aliphatic rings. The van der Waals surface area contributed by atoms with E-state index in [1.54, 1.807) is 14.2 Å². The number of nitrogen functional groups attached to an aromatic ring is 1. The SMILES string of the molecule is COc1ccc(C(CN(Cc2ccccc2)C[C@H](O)c2ccc(OCc3ccccc3)c(N)c2)c2ccc(OC)cc2)cc1. The topological polar surface area (TPSA) is 77.2 Å².